The summed E-state index contributed by atoms with van der Waals surface area (Å²) in [6.45, 7) is 0. The number of hydrogen-bond donors (Lipinski definition) is 0. The highest BCUT2D eigenvalue weighted by Crippen LogP contribution is 2.31. The monoisotopic (exact) mass is 230 g/mol. The van der Waals surface area contributed by atoms with Crippen LogP contribution in [0.4, 0.5) is 4.39 Å². The summed E-state index contributed by atoms with van der Waals surface area (Å²) >= 11 is 3.00. The normalized spacial score (nSPS) is 14.3. The van der Waals surface area contributed by atoms with Crippen LogP contribution in [0.15, 0.2) is 16.6 Å². The lowest BCUT2D eigenvalue weighted by Gasteiger charge is -1.98. The molecule has 1 heterocycles. The predicted octanol–water partition coefficient (Wildman–Crippen LogP) is 2.05. The van der Waals surface area contributed by atoms with Gasteiger partial charge in [-0.1, -0.05) is 0 Å². The number of carbonyl (C=O) groups excluding carboxylic acids is 1. The molecule has 62 valence electrons. The Kier molecular flexibility index (Phi) is 1.65. The van der Waals surface area contributed by atoms with Crippen molar-refractivity contribution in [2.24, 2.45) is 0 Å². The van der Waals surface area contributed by atoms with E-state index in [2.05, 4.69) is 15.9 Å². The zero-order valence-electron chi connectivity index (χ0n) is 5.93. The molecule has 0 saturated heterocycles. The van der Waals surface area contributed by atoms with Crippen molar-refractivity contribution >= 4 is 21.9 Å². The summed E-state index contributed by atoms with van der Waals surface area (Å²) < 4.78 is 18.0. The number of ether oxygens (including phenoxy) is 1. The van der Waals surface area contributed by atoms with Crippen molar-refractivity contribution in [3.8, 4) is 5.75 Å². The first-order valence-corrected chi connectivity index (χ1v) is 4.15. The molecule has 0 aromatic heterocycles. The molecule has 0 bridgehead atoms. The van der Waals surface area contributed by atoms with Gasteiger partial charge in [0.05, 0.1) is 10.9 Å². The molecule has 1 aromatic carbocycles. The van der Waals surface area contributed by atoms with Gasteiger partial charge in [0.1, 0.15) is 11.6 Å². The van der Waals surface area contributed by atoms with Gasteiger partial charge < -0.3 is 4.74 Å². The Morgan fingerprint density at radius 1 is 1.50 bits per heavy atom. The van der Waals surface area contributed by atoms with Crippen LogP contribution in [-0.2, 0) is 11.2 Å². The molecule has 0 fully saturated rings. The topological polar surface area (TPSA) is 26.3 Å². The zero-order chi connectivity index (χ0) is 8.72. The molecule has 0 saturated carbocycles. The van der Waals surface area contributed by atoms with Crippen LogP contribution in [0.3, 0.4) is 0 Å². The van der Waals surface area contributed by atoms with E-state index in [1.165, 1.54) is 12.1 Å². The molecule has 2 rings (SSSR count). The molecule has 1 aromatic rings. The molecule has 12 heavy (non-hydrogen) atoms. The van der Waals surface area contributed by atoms with Gasteiger partial charge in [-0.2, -0.15) is 0 Å². The predicted molar refractivity (Wildman–Crippen MR) is 43.4 cm³/mol. The summed E-state index contributed by atoms with van der Waals surface area (Å²) in [6.07, 6.45) is 0.166. The van der Waals surface area contributed by atoms with Gasteiger partial charge in [0.15, 0.2) is 0 Å². The first kappa shape index (κ1) is 7.73. The van der Waals surface area contributed by atoms with Gasteiger partial charge in [0.2, 0.25) is 0 Å². The molecular weight excluding hydrogens is 227 g/mol. The number of hydrogen-bond acceptors (Lipinski definition) is 2. The van der Waals surface area contributed by atoms with Crippen LogP contribution in [-0.4, -0.2) is 5.97 Å². The molecule has 0 spiro atoms. The number of rotatable bonds is 0. The molecule has 0 aliphatic carbocycles. The fourth-order valence-electron chi connectivity index (χ4n) is 1.12. The van der Waals surface area contributed by atoms with Crippen molar-refractivity contribution in [1.29, 1.82) is 0 Å². The molecule has 2 nitrogen and oxygen atoms in total. The van der Waals surface area contributed by atoms with Crippen LogP contribution < -0.4 is 4.74 Å². The average molecular weight is 231 g/mol. The van der Waals surface area contributed by atoms with Crippen LogP contribution in [0.1, 0.15) is 5.56 Å². The summed E-state index contributed by atoms with van der Waals surface area (Å²) in [5, 5.41) is 0. The molecule has 1 aliphatic rings. The number of halogens is 2. The van der Waals surface area contributed by atoms with E-state index in [9.17, 15) is 9.18 Å². The summed E-state index contributed by atoms with van der Waals surface area (Å²) in [4.78, 5) is 10.8. The van der Waals surface area contributed by atoms with Gasteiger partial charge in [-0.05, 0) is 28.1 Å². The van der Waals surface area contributed by atoms with Gasteiger partial charge in [-0.15, -0.1) is 0 Å². The Bertz CT molecular complexity index is 329. The van der Waals surface area contributed by atoms with Crippen molar-refractivity contribution in [1.82, 2.24) is 0 Å². The van der Waals surface area contributed by atoms with Gasteiger partial charge in [-0.3, -0.25) is 4.79 Å². The molecule has 0 radical (unpaired) electrons. The third-order valence-electron chi connectivity index (χ3n) is 1.66. The van der Waals surface area contributed by atoms with Gasteiger partial charge >= 0.3 is 5.97 Å². The van der Waals surface area contributed by atoms with E-state index in [1.807, 2.05) is 0 Å². The maximum Gasteiger partial charge on any atom is 0.315 e. The molecule has 0 amide bonds. The van der Waals surface area contributed by atoms with Gasteiger partial charge in [-0.25, -0.2) is 4.39 Å². The summed E-state index contributed by atoms with van der Waals surface area (Å²) in [7, 11) is 0. The Morgan fingerprint density at radius 3 is 3.00 bits per heavy atom. The summed E-state index contributed by atoms with van der Waals surface area (Å²) in [6, 6.07) is 2.78. The van der Waals surface area contributed by atoms with Crippen LogP contribution in [0.2, 0.25) is 0 Å². The second-order valence-corrected chi connectivity index (χ2v) is 3.38. The van der Waals surface area contributed by atoms with Crippen molar-refractivity contribution in [3.63, 3.8) is 0 Å². The largest absolute Gasteiger partial charge is 0.426 e. The fraction of sp³-hybridized carbons (Fsp3) is 0.125. The maximum atomic E-state index is 12.9. The minimum atomic E-state index is -0.368. The highest BCUT2D eigenvalue weighted by atomic mass is 79.9. The van der Waals surface area contributed by atoms with E-state index in [0.29, 0.717) is 15.8 Å². The molecule has 1 aliphatic heterocycles. The lowest BCUT2D eigenvalue weighted by molar-refractivity contribution is -0.131. The number of carbonyl (C=O) groups is 1. The Labute approximate surface area is 76.5 Å². The van der Waals surface area contributed by atoms with E-state index < -0.39 is 0 Å². The van der Waals surface area contributed by atoms with E-state index in [1.54, 1.807) is 0 Å². The lowest BCUT2D eigenvalue weighted by Crippen LogP contribution is -2.00. The van der Waals surface area contributed by atoms with E-state index in [-0.39, 0.29) is 18.2 Å². The molecule has 0 N–H and O–H groups in total. The van der Waals surface area contributed by atoms with Crippen molar-refractivity contribution in [2.75, 3.05) is 0 Å². The quantitative estimate of drug-likeness (QED) is 0.504. The molecular formula is C8H4BrFO2. The molecule has 0 atom stereocenters. The number of benzene rings is 1. The maximum absolute atomic E-state index is 12.9. The minimum Gasteiger partial charge on any atom is -0.426 e. The van der Waals surface area contributed by atoms with Gasteiger partial charge in [0.25, 0.3) is 0 Å². The van der Waals surface area contributed by atoms with Crippen molar-refractivity contribution < 1.29 is 13.9 Å². The molecule has 4 heteroatoms. The van der Waals surface area contributed by atoms with Crippen LogP contribution in [0.25, 0.3) is 0 Å². The molecule has 0 unspecified atom stereocenters. The van der Waals surface area contributed by atoms with Crippen molar-refractivity contribution in [2.45, 2.75) is 6.42 Å². The minimum absolute atomic E-state index is 0.166. The van der Waals surface area contributed by atoms with E-state index >= 15 is 0 Å². The first-order valence-electron chi connectivity index (χ1n) is 3.35. The third kappa shape index (κ3) is 1.12. The smallest absolute Gasteiger partial charge is 0.315 e. The lowest BCUT2D eigenvalue weighted by atomic mass is 10.2. The zero-order valence-corrected chi connectivity index (χ0v) is 7.52. The fourth-order valence-corrected chi connectivity index (χ4v) is 1.44. The van der Waals surface area contributed by atoms with Crippen LogP contribution >= 0.6 is 15.9 Å². The third-order valence-corrected chi connectivity index (χ3v) is 2.27. The first-order chi connectivity index (χ1) is 5.66. The second-order valence-electron chi connectivity index (χ2n) is 2.52. The van der Waals surface area contributed by atoms with Gasteiger partial charge in [0, 0.05) is 5.56 Å². The number of fused-ring (bicyclic) bond motifs is 1. The van der Waals surface area contributed by atoms with Crippen molar-refractivity contribution in [3.05, 3.63) is 28.0 Å². The standard InChI is InChI=1S/C8H4BrFO2/c9-5-3-7-4(1-6(5)10)2-8(11)12-7/h1,3H,2H2. The summed E-state index contributed by atoms with van der Waals surface area (Å²) in [5.41, 5.74) is 0.612. The highest BCUT2D eigenvalue weighted by Gasteiger charge is 2.21. The Morgan fingerprint density at radius 2 is 2.25 bits per heavy atom. The SMILES string of the molecule is O=C1Cc2cc(F)c(Br)cc2O1. The summed E-state index contributed by atoms with van der Waals surface area (Å²) in [5.74, 6) is -0.247. The second kappa shape index (κ2) is 2.55. The highest BCUT2D eigenvalue weighted by molar-refractivity contribution is 9.10. The average Bonchev–Trinajstić information content (AvgIpc) is 2.30. The number of esters is 1. The van der Waals surface area contributed by atoms with Crippen LogP contribution in [0.5, 0.6) is 5.75 Å². The Hall–Kier alpha value is -0.900. The van der Waals surface area contributed by atoms with E-state index in [4.69, 9.17) is 4.74 Å². The van der Waals surface area contributed by atoms with Crippen LogP contribution in [0, 0.1) is 5.82 Å². The van der Waals surface area contributed by atoms with E-state index in [0.717, 1.165) is 0 Å². The Balaban J connectivity index is 2.55.